The van der Waals surface area contributed by atoms with E-state index in [1.165, 1.54) is 24.9 Å². The number of ether oxygens (including phenoxy) is 1. The van der Waals surface area contributed by atoms with Crippen molar-refractivity contribution in [2.24, 2.45) is 0 Å². The first-order valence-electron chi connectivity index (χ1n) is 10.2. The summed E-state index contributed by atoms with van der Waals surface area (Å²) in [6.45, 7) is 14.3. The number of carbonyl (C=O) groups is 1. The molecule has 3 rings (SSSR count). The van der Waals surface area contributed by atoms with Crippen LogP contribution in [0.5, 0.6) is 0 Å². The molecule has 3 heterocycles. The van der Waals surface area contributed by atoms with E-state index in [-0.39, 0.29) is 6.09 Å². The lowest BCUT2D eigenvalue weighted by molar-refractivity contribution is 0.0240. The molecule has 0 N–H and O–H groups in total. The third kappa shape index (κ3) is 4.92. The van der Waals surface area contributed by atoms with Crippen LogP contribution in [-0.2, 0) is 4.74 Å². The molecule has 27 heavy (non-hydrogen) atoms. The summed E-state index contributed by atoms with van der Waals surface area (Å²) in [5, 5.41) is 0. The molecular formula is C21H34N4O2. The van der Waals surface area contributed by atoms with Gasteiger partial charge < -0.3 is 14.5 Å². The van der Waals surface area contributed by atoms with Gasteiger partial charge >= 0.3 is 6.09 Å². The van der Waals surface area contributed by atoms with Crippen molar-refractivity contribution in [3.8, 4) is 0 Å². The van der Waals surface area contributed by atoms with Crippen molar-refractivity contribution in [1.82, 2.24) is 14.8 Å². The van der Waals surface area contributed by atoms with Crippen LogP contribution < -0.4 is 4.90 Å². The van der Waals surface area contributed by atoms with Gasteiger partial charge in [0.15, 0.2) is 0 Å². The Morgan fingerprint density at radius 2 is 1.85 bits per heavy atom. The number of amides is 1. The second-order valence-corrected chi connectivity index (χ2v) is 8.89. The zero-order valence-electron chi connectivity index (χ0n) is 17.4. The molecule has 0 unspecified atom stereocenters. The van der Waals surface area contributed by atoms with Gasteiger partial charge in [-0.3, -0.25) is 4.90 Å². The molecule has 1 aromatic heterocycles. The lowest BCUT2D eigenvalue weighted by Gasteiger charge is -2.36. The fourth-order valence-electron chi connectivity index (χ4n) is 3.99. The zero-order valence-corrected chi connectivity index (χ0v) is 17.4. The zero-order chi connectivity index (χ0) is 19.6. The van der Waals surface area contributed by atoms with Crippen LogP contribution in [-0.4, -0.2) is 65.2 Å². The van der Waals surface area contributed by atoms with Gasteiger partial charge in [0.05, 0.1) is 0 Å². The molecule has 6 nitrogen and oxygen atoms in total. The third-order valence-corrected chi connectivity index (χ3v) is 5.37. The Balaban J connectivity index is 1.57. The molecule has 1 atom stereocenters. The van der Waals surface area contributed by atoms with Crippen LogP contribution >= 0.6 is 0 Å². The molecule has 0 saturated carbocycles. The van der Waals surface area contributed by atoms with E-state index in [0.29, 0.717) is 25.2 Å². The number of hydrogen-bond acceptors (Lipinski definition) is 5. The van der Waals surface area contributed by atoms with Gasteiger partial charge in [0.1, 0.15) is 11.4 Å². The first-order valence-corrected chi connectivity index (χ1v) is 10.2. The highest BCUT2D eigenvalue weighted by molar-refractivity contribution is 5.68. The van der Waals surface area contributed by atoms with E-state index in [0.717, 1.165) is 18.9 Å². The van der Waals surface area contributed by atoms with E-state index >= 15 is 0 Å². The lowest BCUT2D eigenvalue weighted by Crippen LogP contribution is -2.50. The van der Waals surface area contributed by atoms with Crippen molar-refractivity contribution in [2.75, 3.05) is 37.6 Å². The van der Waals surface area contributed by atoms with Gasteiger partial charge in [0.25, 0.3) is 0 Å². The average Bonchev–Trinajstić information content (AvgIpc) is 3.11. The maximum atomic E-state index is 12.2. The summed E-state index contributed by atoms with van der Waals surface area (Å²) in [7, 11) is 0. The summed E-state index contributed by atoms with van der Waals surface area (Å²) < 4.78 is 5.47. The molecule has 2 aliphatic heterocycles. The molecule has 0 spiro atoms. The van der Waals surface area contributed by atoms with Gasteiger partial charge in [-0.25, -0.2) is 9.78 Å². The predicted octanol–water partition coefficient (Wildman–Crippen LogP) is 3.68. The largest absolute Gasteiger partial charge is 0.444 e. The number of nitrogens with zero attached hydrogens (tertiary/aromatic N) is 4. The van der Waals surface area contributed by atoms with Crippen LogP contribution in [0.1, 0.15) is 59.1 Å². The van der Waals surface area contributed by atoms with Crippen LogP contribution in [0.25, 0.3) is 0 Å². The summed E-state index contributed by atoms with van der Waals surface area (Å²) >= 11 is 0. The van der Waals surface area contributed by atoms with Crippen LogP contribution in [0.2, 0.25) is 0 Å². The molecule has 150 valence electrons. The van der Waals surface area contributed by atoms with Crippen LogP contribution in [0, 0.1) is 0 Å². The van der Waals surface area contributed by atoms with Gasteiger partial charge in [-0.15, -0.1) is 0 Å². The number of pyridine rings is 1. The van der Waals surface area contributed by atoms with Crippen molar-refractivity contribution in [3.05, 3.63) is 23.9 Å². The van der Waals surface area contributed by atoms with Gasteiger partial charge in [-0.2, -0.15) is 0 Å². The van der Waals surface area contributed by atoms with Crippen LogP contribution in [0.4, 0.5) is 10.6 Å². The van der Waals surface area contributed by atoms with E-state index in [2.05, 4.69) is 35.8 Å². The number of rotatable bonds is 3. The summed E-state index contributed by atoms with van der Waals surface area (Å²) in [5.41, 5.74) is 0.868. The number of likely N-dealkylation sites (tertiary alicyclic amines) is 1. The van der Waals surface area contributed by atoms with Crippen molar-refractivity contribution < 1.29 is 9.53 Å². The molecule has 1 amide bonds. The predicted molar refractivity (Wildman–Crippen MR) is 108 cm³/mol. The lowest BCUT2D eigenvalue weighted by atomic mass is 10.1. The highest BCUT2D eigenvalue weighted by Gasteiger charge is 2.29. The highest BCUT2D eigenvalue weighted by atomic mass is 16.6. The van der Waals surface area contributed by atoms with Gasteiger partial charge in [0.2, 0.25) is 0 Å². The molecule has 2 aliphatic rings. The van der Waals surface area contributed by atoms with E-state index in [1.807, 2.05) is 27.0 Å². The Bertz CT molecular complexity index is 631. The number of carbonyl (C=O) groups excluding carboxylic acids is 1. The quantitative estimate of drug-likeness (QED) is 0.808. The molecule has 1 aromatic rings. The second kappa shape index (κ2) is 8.05. The molecule has 6 heteroatoms. The fraction of sp³-hybridized carbons (Fsp3) is 0.714. The molecule has 2 saturated heterocycles. The van der Waals surface area contributed by atoms with Crippen molar-refractivity contribution in [1.29, 1.82) is 0 Å². The summed E-state index contributed by atoms with van der Waals surface area (Å²) in [5.74, 6) is 0.997. The summed E-state index contributed by atoms with van der Waals surface area (Å²) in [4.78, 5) is 23.5. The van der Waals surface area contributed by atoms with E-state index in [4.69, 9.17) is 9.72 Å². The smallest absolute Gasteiger partial charge is 0.410 e. The number of anilines is 1. The van der Waals surface area contributed by atoms with E-state index < -0.39 is 5.60 Å². The standard InChI is InChI=1S/C21H34N4O2/c1-16(2)25-10-6-7-18(25)17-8-9-19(22-15-17)23-11-13-24(14-12-23)20(26)27-21(3,4)5/h8-9,15-16,18H,6-7,10-14H2,1-5H3/t18-/m0/s1. The van der Waals surface area contributed by atoms with Gasteiger partial charge in [-0.05, 0) is 65.6 Å². The first kappa shape index (κ1) is 19.9. The fourth-order valence-corrected chi connectivity index (χ4v) is 3.99. The minimum atomic E-state index is -0.449. The number of hydrogen-bond donors (Lipinski definition) is 0. The topological polar surface area (TPSA) is 48.9 Å². The number of aromatic nitrogens is 1. The molecule has 0 aromatic carbocycles. The van der Waals surface area contributed by atoms with Gasteiger partial charge in [0, 0.05) is 44.5 Å². The highest BCUT2D eigenvalue weighted by Crippen LogP contribution is 2.33. The first-order chi connectivity index (χ1) is 12.7. The Morgan fingerprint density at radius 1 is 1.15 bits per heavy atom. The van der Waals surface area contributed by atoms with E-state index in [1.54, 1.807) is 4.90 Å². The van der Waals surface area contributed by atoms with Gasteiger partial charge in [-0.1, -0.05) is 6.07 Å². The monoisotopic (exact) mass is 374 g/mol. The summed E-state index contributed by atoms with van der Waals surface area (Å²) in [6.07, 6.45) is 4.30. The van der Waals surface area contributed by atoms with Crippen LogP contribution in [0.15, 0.2) is 18.3 Å². The Kier molecular flexibility index (Phi) is 5.94. The minimum absolute atomic E-state index is 0.222. The Hall–Kier alpha value is -1.82. The molecule has 0 bridgehead atoms. The summed E-state index contributed by atoms with van der Waals surface area (Å²) in [6, 6.07) is 5.43. The average molecular weight is 375 g/mol. The van der Waals surface area contributed by atoms with Crippen molar-refractivity contribution >= 4 is 11.9 Å². The molecule has 0 aliphatic carbocycles. The van der Waals surface area contributed by atoms with Crippen LogP contribution in [0.3, 0.4) is 0 Å². The van der Waals surface area contributed by atoms with Crippen molar-refractivity contribution in [2.45, 2.75) is 65.1 Å². The van der Waals surface area contributed by atoms with E-state index in [9.17, 15) is 4.79 Å². The SMILES string of the molecule is CC(C)N1CCC[C@H]1c1ccc(N2CCN(C(=O)OC(C)(C)C)CC2)nc1. The maximum absolute atomic E-state index is 12.2. The number of piperazine rings is 1. The molecular weight excluding hydrogens is 340 g/mol. The minimum Gasteiger partial charge on any atom is -0.444 e. The second-order valence-electron chi connectivity index (χ2n) is 8.89. The Labute approximate surface area is 163 Å². The third-order valence-electron chi connectivity index (χ3n) is 5.37. The Morgan fingerprint density at radius 3 is 2.41 bits per heavy atom. The normalized spacial score (nSPS) is 21.8. The molecule has 2 fully saturated rings. The van der Waals surface area contributed by atoms with Crippen molar-refractivity contribution in [3.63, 3.8) is 0 Å². The maximum Gasteiger partial charge on any atom is 0.410 e. The molecule has 0 radical (unpaired) electrons.